The average molecular weight is 297 g/mol. The third-order valence-corrected chi connectivity index (χ3v) is 4.91. The highest BCUT2D eigenvalue weighted by molar-refractivity contribution is 6.30. The SMILES string of the molecule is CCN(CC)C(C)(CC)C(Cc1ccc(Cl)cc1)NC. The number of nitrogens with one attached hydrogen (secondary N) is 1. The molecule has 2 atom stereocenters. The fourth-order valence-electron chi connectivity index (χ4n) is 3.13. The van der Waals surface area contributed by atoms with E-state index < -0.39 is 0 Å². The Labute approximate surface area is 129 Å². The summed E-state index contributed by atoms with van der Waals surface area (Å²) in [4.78, 5) is 2.56. The fraction of sp³-hybridized carbons (Fsp3) is 0.647. The number of halogens is 1. The highest BCUT2D eigenvalue weighted by Crippen LogP contribution is 2.26. The van der Waals surface area contributed by atoms with Gasteiger partial charge in [-0.15, -0.1) is 0 Å². The monoisotopic (exact) mass is 296 g/mol. The maximum atomic E-state index is 5.97. The van der Waals surface area contributed by atoms with E-state index in [1.165, 1.54) is 5.56 Å². The summed E-state index contributed by atoms with van der Waals surface area (Å²) in [5.74, 6) is 0. The first-order valence-electron chi connectivity index (χ1n) is 7.68. The van der Waals surface area contributed by atoms with Crippen molar-refractivity contribution in [1.82, 2.24) is 10.2 Å². The first-order valence-corrected chi connectivity index (χ1v) is 8.06. The minimum Gasteiger partial charge on any atom is -0.315 e. The molecule has 0 saturated heterocycles. The Morgan fingerprint density at radius 2 is 1.70 bits per heavy atom. The lowest BCUT2D eigenvalue weighted by Gasteiger charge is -2.46. The van der Waals surface area contributed by atoms with Crippen LogP contribution in [-0.4, -0.2) is 36.6 Å². The molecule has 0 heterocycles. The van der Waals surface area contributed by atoms with Gasteiger partial charge in [0.15, 0.2) is 0 Å². The number of hydrogen-bond donors (Lipinski definition) is 1. The van der Waals surface area contributed by atoms with Crippen LogP contribution in [0.15, 0.2) is 24.3 Å². The van der Waals surface area contributed by atoms with Gasteiger partial charge in [0.25, 0.3) is 0 Å². The minimum atomic E-state index is 0.165. The highest BCUT2D eigenvalue weighted by atomic mass is 35.5. The summed E-state index contributed by atoms with van der Waals surface area (Å²) in [7, 11) is 2.07. The molecule has 0 spiro atoms. The molecular formula is C17H29ClN2. The molecular weight excluding hydrogens is 268 g/mol. The van der Waals surface area contributed by atoms with Crippen molar-refractivity contribution in [2.45, 2.75) is 52.1 Å². The summed E-state index contributed by atoms with van der Waals surface area (Å²) in [6.07, 6.45) is 2.16. The number of rotatable bonds is 8. The molecule has 2 nitrogen and oxygen atoms in total. The maximum Gasteiger partial charge on any atom is 0.0406 e. The quantitative estimate of drug-likeness (QED) is 0.780. The second-order valence-electron chi connectivity index (χ2n) is 5.55. The lowest BCUT2D eigenvalue weighted by molar-refractivity contribution is 0.0730. The molecule has 20 heavy (non-hydrogen) atoms. The van der Waals surface area contributed by atoms with Gasteiger partial charge in [-0.2, -0.15) is 0 Å². The molecule has 0 radical (unpaired) electrons. The van der Waals surface area contributed by atoms with Crippen molar-refractivity contribution < 1.29 is 0 Å². The number of benzene rings is 1. The Hall–Kier alpha value is -0.570. The van der Waals surface area contributed by atoms with Gasteiger partial charge >= 0.3 is 0 Å². The van der Waals surface area contributed by atoms with E-state index in [0.29, 0.717) is 6.04 Å². The van der Waals surface area contributed by atoms with Crippen molar-refractivity contribution in [2.24, 2.45) is 0 Å². The second-order valence-corrected chi connectivity index (χ2v) is 5.99. The maximum absolute atomic E-state index is 5.97. The Kier molecular flexibility index (Phi) is 7.01. The van der Waals surface area contributed by atoms with Crippen molar-refractivity contribution in [3.05, 3.63) is 34.9 Å². The van der Waals surface area contributed by atoms with Crippen molar-refractivity contribution in [1.29, 1.82) is 0 Å². The second kappa shape index (κ2) is 8.02. The number of nitrogens with zero attached hydrogens (tertiary/aromatic N) is 1. The Balaban J connectivity index is 2.94. The molecule has 0 aliphatic heterocycles. The van der Waals surface area contributed by atoms with Gasteiger partial charge in [-0.05, 0) is 57.6 Å². The van der Waals surface area contributed by atoms with Crippen LogP contribution in [0, 0.1) is 0 Å². The predicted octanol–water partition coefficient (Wildman–Crippen LogP) is 3.98. The molecule has 0 amide bonds. The summed E-state index contributed by atoms with van der Waals surface area (Å²) in [5.41, 5.74) is 1.50. The highest BCUT2D eigenvalue weighted by Gasteiger charge is 2.35. The van der Waals surface area contributed by atoms with Crippen LogP contribution in [0.5, 0.6) is 0 Å². The molecule has 1 rings (SSSR count). The lowest BCUT2D eigenvalue weighted by atomic mass is 9.83. The summed E-state index contributed by atoms with van der Waals surface area (Å²) in [6, 6.07) is 8.64. The summed E-state index contributed by atoms with van der Waals surface area (Å²) in [6.45, 7) is 11.3. The molecule has 1 aromatic rings. The molecule has 0 fully saturated rings. The average Bonchev–Trinajstić information content (AvgIpc) is 2.47. The van der Waals surface area contributed by atoms with Crippen LogP contribution in [0.4, 0.5) is 0 Å². The van der Waals surface area contributed by atoms with Crippen LogP contribution in [0.1, 0.15) is 39.7 Å². The molecule has 0 aliphatic carbocycles. The Bertz CT molecular complexity index is 386. The largest absolute Gasteiger partial charge is 0.315 e. The van der Waals surface area contributed by atoms with E-state index in [4.69, 9.17) is 11.6 Å². The van der Waals surface area contributed by atoms with Gasteiger partial charge < -0.3 is 5.32 Å². The molecule has 2 unspecified atom stereocenters. The van der Waals surface area contributed by atoms with Crippen LogP contribution >= 0.6 is 11.6 Å². The van der Waals surface area contributed by atoms with Crippen molar-refractivity contribution >= 4 is 11.6 Å². The Morgan fingerprint density at radius 3 is 2.10 bits per heavy atom. The van der Waals surface area contributed by atoms with Crippen LogP contribution < -0.4 is 5.32 Å². The van der Waals surface area contributed by atoms with E-state index in [9.17, 15) is 0 Å². The topological polar surface area (TPSA) is 15.3 Å². The first-order chi connectivity index (χ1) is 9.51. The van der Waals surface area contributed by atoms with Crippen molar-refractivity contribution in [2.75, 3.05) is 20.1 Å². The summed E-state index contributed by atoms with van der Waals surface area (Å²) >= 11 is 5.97. The number of likely N-dealkylation sites (N-methyl/N-ethyl adjacent to an activating group) is 2. The van der Waals surface area contributed by atoms with E-state index in [1.807, 2.05) is 12.1 Å². The zero-order valence-corrected chi connectivity index (χ0v) is 14.3. The summed E-state index contributed by atoms with van der Waals surface area (Å²) in [5, 5.41) is 4.33. The fourth-order valence-corrected chi connectivity index (χ4v) is 3.25. The van der Waals surface area contributed by atoms with Gasteiger partial charge in [-0.3, -0.25) is 4.90 Å². The molecule has 0 aromatic heterocycles. The van der Waals surface area contributed by atoms with Gasteiger partial charge in [0.1, 0.15) is 0 Å². The van der Waals surface area contributed by atoms with E-state index in [1.54, 1.807) is 0 Å². The molecule has 114 valence electrons. The van der Waals surface area contributed by atoms with Crippen LogP contribution in [0.3, 0.4) is 0 Å². The smallest absolute Gasteiger partial charge is 0.0406 e. The van der Waals surface area contributed by atoms with Crippen LogP contribution in [-0.2, 0) is 6.42 Å². The van der Waals surface area contributed by atoms with E-state index in [2.05, 4.69) is 57.1 Å². The van der Waals surface area contributed by atoms with E-state index in [-0.39, 0.29) is 5.54 Å². The third-order valence-electron chi connectivity index (χ3n) is 4.65. The third kappa shape index (κ3) is 3.97. The van der Waals surface area contributed by atoms with Gasteiger partial charge in [0.05, 0.1) is 0 Å². The molecule has 1 aromatic carbocycles. The first kappa shape index (κ1) is 17.5. The number of hydrogen-bond acceptors (Lipinski definition) is 2. The minimum absolute atomic E-state index is 0.165. The zero-order chi connectivity index (χ0) is 15.2. The molecule has 0 bridgehead atoms. The molecule has 0 saturated carbocycles. The molecule has 0 aliphatic rings. The van der Waals surface area contributed by atoms with Crippen molar-refractivity contribution in [3.63, 3.8) is 0 Å². The standard InChI is InChI=1S/C17H29ClN2/c1-6-17(4,20(7-2)8-3)16(19-5)13-14-9-11-15(18)12-10-14/h9-12,16,19H,6-8,13H2,1-5H3. The lowest BCUT2D eigenvalue weighted by Crippen LogP contribution is -2.59. The van der Waals surface area contributed by atoms with Gasteiger partial charge in [0, 0.05) is 16.6 Å². The van der Waals surface area contributed by atoms with Crippen LogP contribution in [0.2, 0.25) is 5.02 Å². The Morgan fingerprint density at radius 1 is 1.15 bits per heavy atom. The van der Waals surface area contributed by atoms with E-state index in [0.717, 1.165) is 31.0 Å². The van der Waals surface area contributed by atoms with Gasteiger partial charge in [-0.1, -0.05) is 44.5 Å². The zero-order valence-electron chi connectivity index (χ0n) is 13.5. The summed E-state index contributed by atoms with van der Waals surface area (Å²) < 4.78 is 0. The van der Waals surface area contributed by atoms with Crippen LogP contribution in [0.25, 0.3) is 0 Å². The van der Waals surface area contributed by atoms with Gasteiger partial charge in [0.2, 0.25) is 0 Å². The van der Waals surface area contributed by atoms with E-state index >= 15 is 0 Å². The molecule has 3 heteroatoms. The van der Waals surface area contributed by atoms with Gasteiger partial charge in [-0.25, -0.2) is 0 Å². The predicted molar refractivity (Wildman–Crippen MR) is 89.6 cm³/mol. The van der Waals surface area contributed by atoms with Crippen molar-refractivity contribution in [3.8, 4) is 0 Å². The molecule has 1 N–H and O–H groups in total. The normalized spacial score (nSPS) is 16.1.